The number of nitrogen functional groups attached to an aromatic ring is 1. The van der Waals surface area contributed by atoms with E-state index in [1.165, 1.54) is 4.90 Å². The average Bonchev–Trinajstić information content (AvgIpc) is 2.98. The summed E-state index contributed by atoms with van der Waals surface area (Å²) in [6.07, 6.45) is 0. The highest BCUT2D eigenvalue weighted by molar-refractivity contribution is 7.99. The zero-order valence-corrected chi connectivity index (χ0v) is 13.4. The minimum atomic E-state index is 0.767. The molecule has 0 bridgehead atoms. The third-order valence-electron chi connectivity index (χ3n) is 3.10. The molecule has 2 nitrogen and oxygen atoms in total. The van der Waals surface area contributed by atoms with Gasteiger partial charge in [-0.25, -0.2) is 4.98 Å². The van der Waals surface area contributed by atoms with Crippen LogP contribution in [-0.4, -0.2) is 10.7 Å². The van der Waals surface area contributed by atoms with Crippen molar-refractivity contribution in [3.05, 3.63) is 53.9 Å². The van der Waals surface area contributed by atoms with Gasteiger partial charge in [-0.3, -0.25) is 0 Å². The maximum absolute atomic E-state index is 5.83. The predicted molar refractivity (Wildman–Crippen MR) is 93.8 cm³/mol. The van der Waals surface area contributed by atoms with E-state index in [0.29, 0.717) is 0 Å². The molecule has 0 aliphatic rings. The maximum atomic E-state index is 5.83. The topological polar surface area (TPSA) is 38.9 Å². The highest BCUT2D eigenvalue weighted by Gasteiger charge is 2.07. The van der Waals surface area contributed by atoms with Gasteiger partial charge in [0.25, 0.3) is 0 Å². The van der Waals surface area contributed by atoms with E-state index < -0.39 is 0 Å². The van der Waals surface area contributed by atoms with Crippen molar-refractivity contribution in [3.63, 3.8) is 0 Å². The number of thioether (sulfide) groups is 1. The van der Waals surface area contributed by atoms with Crippen LogP contribution in [0.2, 0.25) is 0 Å². The van der Waals surface area contributed by atoms with Crippen LogP contribution in [-0.2, 0) is 0 Å². The Bertz CT molecular complexity index is 733. The fourth-order valence-corrected chi connectivity index (χ4v) is 3.59. The second kappa shape index (κ2) is 6.33. The molecule has 3 rings (SSSR count). The summed E-state index contributed by atoms with van der Waals surface area (Å²) in [5.74, 6) is 1.09. The van der Waals surface area contributed by atoms with Crippen LogP contribution in [0.5, 0.6) is 0 Å². The monoisotopic (exact) mass is 312 g/mol. The normalized spacial score (nSPS) is 10.7. The molecule has 0 amide bonds. The van der Waals surface area contributed by atoms with Crippen molar-refractivity contribution in [2.24, 2.45) is 0 Å². The number of anilines is 1. The third kappa shape index (κ3) is 3.28. The molecule has 106 valence electrons. The van der Waals surface area contributed by atoms with Crippen molar-refractivity contribution < 1.29 is 0 Å². The first kappa shape index (κ1) is 14.2. The smallest absolute Gasteiger partial charge is 0.124 e. The number of rotatable bonds is 4. The van der Waals surface area contributed by atoms with Gasteiger partial charge in [0, 0.05) is 27.1 Å². The van der Waals surface area contributed by atoms with E-state index >= 15 is 0 Å². The Labute approximate surface area is 133 Å². The van der Waals surface area contributed by atoms with E-state index in [4.69, 9.17) is 10.7 Å². The van der Waals surface area contributed by atoms with Crippen LogP contribution in [0.15, 0.2) is 58.8 Å². The van der Waals surface area contributed by atoms with Gasteiger partial charge in [-0.2, -0.15) is 0 Å². The number of benzene rings is 2. The first-order valence-corrected chi connectivity index (χ1v) is 8.67. The lowest BCUT2D eigenvalue weighted by Crippen LogP contribution is -1.85. The molecular weight excluding hydrogens is 296 g/mol. The summed E-state index contributed by atoms with van der Waals surface area (Å²) in [4.78, 5) is 6.02. The minimum Gasteiger partial charge on any atom is -0.399 e. The number of thiazole rings is 1. The molecule has 1 aromatic heterocycles. The summed E-state index contributed by atoms with van der Waals surface area (Å²) in [5.41, 5.74) is 9.81. The molecule has 4 heteroatoms. The number of nitrogens with zero attached hydrogens (tertiary/aromatic N) is 1. The minimum absolute atomic E-state index is 0.767. The standard InChI is InChI=1S/C17H16N2S2/c1-2-20-15-8-6-12(7-9-15)17-19-16(11-21-17)13-4-3-5-14(18)10-13/h3-11H,2,18H2,1H3. The Kier molecular flexibility index (Phi) is 4.27. The van der Waals surface area contributed by atoms with Gasteiger partial charge in [0.1, 0.15) is 5.01 Å². The van der Waals surface area contributed by atoms with Crippen LogP contribution in [0.1, 0.15) is 6.92 Å². The van der Waals surface area contributed by atoms with E-state index in [-0.39, 0.29) is 0 Å². The first-order valence-electron chi connectivity index (χ1n) is 6.81. The second-order valence-electron chi connectivity index (χ2n) is 4.62. The van der Waals surface area contributed by atoms with Crippen LogP contribution in [0.25, 0.3) is 21.8 Å². The molecular formula is C17H16N2S2. The average molecular weight is 312 g/mol. The number of hydrogen-bond donors (Lipinski definition) is 1. The highest BCUT2D eigenvalue weighted by Crippen LogP contribution is 2.30. The molecule has 2 N–H and O–H groups in total. The van der Waals surface area contributed by atoms with Crippen molar-refractivity contribution in [2.45, 2.75) is 11.8 Å². The molecule has 0 fully saturated rings. The van der Waals surface area contributed by atoms with E-state index in [0.717, 1.165) is 33.3 Å². The predicted octanol–water partition coefficient (Wildman–Crippen LogP) is 5.17. The molecule has 0 aliphatic heterocycles. The quantitative estimate of drug-likeness (QED) is 0.533. The third-order valence-corrected chi connectivity index (χ3v) is 4.88. The lowest BCUT2D eigenvalue weighted by molar-refractivity contribution is 1.38. The summed E-state index contributed by atoms with van der Waals surface area (Å²) >= 11 is 3.52. The van der Waals surface area contributed by atoms with Crippen LogP contribution in [0.3, 0.4) is 0 Å². The fourth-order valence-electron chi connectivity index (χ4n) is 2.10. The van der Waals surface area contributed by atoms with E-state index in [9.17, 15) is 0 Å². The van der Waals surface area contributed by atoms with Crippen LogP contribution >= 0.6 is 23.1 Å². The van der Waals surface area contributed by atoms with Gasteiger partial charge in [0.15, 0.2) is 0 Å². The van der Waals surface area contributed by atoms with Crippen LogP contribution < -0.4 is 5.73 Å². The van der Waals surface area contributed by atoms with Crippen molar-refractivity contribution in [2.75, 3.05) is 11.5 Å². The molecule has 0 spiro atoms. The van der Waals surface area contributed by atoms with Gasteiger partial charge in [0.2, 0.25) is 0 Å². The molecule has 1 heterocycles. The Morgan fingerprint density at radius 1 is 1.10 bits per heavy atom. The van der Waals surface area contributed by atoms with Gasteiger partial charge in [-0.05, 0) is 30.0 Å². The van der Waals surface area contributed by atoms with Crippen LogP contribution in [0.4, 0.5) is 5.69 Å². The number of aromatic nitrogens is 1. The van der Waals surface area contributed by atoms with Gasteiger partial charge < -0.3 is 5.73 Å². The van der Waals surface area contributed by atoms with Crippen LogP contribution in [0, 0.1) is 0 Å². The molecule has 0 atom stereocenters. The summed E-state index contributed by atoms with van der Waals surface area (Å²) in [6.45, 7) is 2.16. The molecule has 0 saturated heterocycles. The number of nitrogens with two attached hydrogens (primary N) is 1. The molecule has 0 radical (unpaired) electrons. The lowest BCUT2D eigenvalue weighted by Gasteiger charge is -2.00. The Morgan fingerprint density at radius 3 is 2.62 bits per heavy atom. The van der Waals surface area contributed by atoms with E-state index in [1.807, 2.05) is 36.0 Å². The van der Waals surface area contributed by atoms with Crippen molar-refractivity contribution in [1.82, 2.24) is 4.98 Å². The zero-order chi connectivity index (χ0) is 14.7. The molecule has 0 saturated carbocycles. The fraction of sp³-hybridized carbons (Fsp3) is 0.118. The molecule has 0 unspecified atom stereocenters. The van der Waals surface area contributed by atoms with Gasteiger partial charge in [-0.1, -0.05) is 31.2 Å². The zero-order valence-electron chi connectivity index (χ0n) is 11.7. The van der Waals surface area contributed by atoms with Gasteiger partial charge >= 0.3 is 0 Å². The largest absolute Gasteiger partial charge is 0.399 e. The SMILES string of the molecule is CCSc1ccc(-c2nc(-c3cccc(N)c3)cs2)cc1. The first-order chi connectivity index (χ1) is 10.3. The summed E-state index contributed by atoms with van der Waals surface area (Å²) in [5, 5.41) is 3.12. The van der Waals surface area contributed by atoms with E-state index in [1.54, 1.807) is 11.3 Å². The number of hydrogen-bond acceptors (Lipinski definition) is 4. The Hall–Kier alpha value is -1.78. The van der Waals surface area contributed by atoms with Gasteiger partial charge in [-0.15, -0.1) is 23.1 Å². The van der Waals surface area contributed by atoms with E-state index in [2.05, 4.69) is 36.6 Å². The molecule has 2 aromatic carbocycles. The molecule has 0 aliphatic carbocycles. The van der Waals surface area contributed by atoms with Crippen molar-refractivity contribution >= 4 is 28.8 Å². The Balaban J connectivity index is 1.87. The summed E-state index contributed by atoms with van der Waals surface area (Å²) in [7, 11) is 0. The van der Waals surface area contributed by atoms with Gasteiger partial charge in [0.05, 0.1) is 5.69 Å². The maximum Gasteiger partial charge on any atom is 0.124 e. The second-order valence-corrected chi connectivity index (χ2v) is 6.82. The Morgan fingerprint density at radius 2 is 1.90 bits per heavy atom. The molecule has 21 heavy (non-hydrogen) atoms. The lowest BCUT2D eigenvalue weighted by atomic mass is 10.1. The highest BCUT2D eigenvalue weighted by atomic mass is 32.2. The van der Waals surface area contributed by atoms with Crippen molar-refractivity contribution in [3.8, 4) is 21.8 Å². The summed E-state index contributed by atoms with van der Waals surface area (Å²) < 4.78 is 0. The van der Waals surface area contributed by atoms with Crippen molar-refractivity contribution in [1.29, 1.82) is 0 Å². The molecule has 3 aromatic rings. The summed E-state index contributed by atoms with van der Waals surface area (Å²) in [6, 6.07) is 16.4.